The molecule has 2 N–H and O–H groups in total. The van der Waals surface area contributed by atoms with Crippen LogP contribution in [-0.2, 0) is 14.4 Å². The molecule has 19 heavy (non-hydrogen) atoms. The van der Waals surface area contributed by atoms with Crippen LogP contribution in [0.1, 0.15) is 0 Å². The number of nitrogens with zero attached hydrogens (tertiary/aromatic N) is 1. The molecule has 2 amide bonds. The van der Waals surface area contributed by atoms with Crippen LogP contribution in [0.3, 0.4) is 0 Å². The lowest BCUT2D eigenvalue weighted by molar-refractivity contribution is -0.147. The Labute approximate surface area is 109 Å². The number of hydrogen-bond acceptors (Lipinski definition) is 4. The van der Waals surface area contributed by atoms with Crippen LogP contribution in [-0.4, -0.2) is 48.5 Å². The minimum absolute atomic E-state index is 0.419. The van der Waals surface area contributed by atoms with E-state index >= 15 is 0 Å². The zero-order valence-corrected chi connectivity index (χ0v) is 10.5. The van der Waals surface area contributed by atoms with Gasteiger partial charge in [-0.15, -0.1) is 0 Å². The quantitative estimate of drug-likeness (QED) is 0.758. The van der Waals surface area contributed by atoms with E-state index in [2.05, 4.69) is 5.32 Å². The number of nitrogens with one attached hydrogen (secondary N) is 1. The number of carboxylic acids is 1. The van der Waals surface area contributed by atoms with E-state index in [9.17, 15) is 14.4 Å². The number of methoxy groups -OCH3 is 1. The van der Waals surface area contributed by atoms with E-state index in [1.54, 1.807) is 24.3 Å². The first-order chi connectivity index (χ1) is 8.93. The molecule has 0 atom stereocenters. The molecule has 1 aromatic rings. The maximum atomic E-state index is 11.6. The van der Waals surface area contributed by atoms with E-state index in [0.717, 1.165) is 4.90 Å². The summed E-state index contributed by atoms with van der Waals surface area (Å²) in [4.78, 5) is 34.3. The molecule has 0 aliphatic heterocycles. The van der Waals surface area contributed by atoms with Gasteiger partial charge in [0.15, 0.2) is 0 Å². The molecule has 0 bridgehead atoms. The van der Waals surface area contributed by atoms with E-state index in [4.69, 9.17) is 9.84 Å². The van der Waals surface area contributed by atoms with Crippen LogP contribution in [0.15, 0.2) is 24.3 Å². The molecule has 0 spiro atoms. The van der Waals surface area contributed by atoms with Gasteiger partial charge < -0.3 is 20.1 Å². The smallest absolute Gasteiger partial charge is 0.323 e. The topological polar surface area (TPSA) is 95.9 Å². The van der Waals surface area contributed by atoms with Crippen molar-refractivity contribution in [3.8, 4) is 5.75 Å². The summed E-state index contributed by atoms with van der Waals surface area (Å²) in [6, 6.07) is 6.39. The highest BCUT2D eigenvalue weighted by Gasteiger charge is 2.20. The lowest BCUT2D eigenvalue weighted by atomic mass is 10.3. The number of carbonyl (C=O) groups is 3. The molecule has 102 valence electrons. The maximum absolute atomic E-state index is 11.6. The van der Waals surface area contributed by atoms with Crippen molar-refractivity contribution in [2.24, 2.45) is 0 Å². The monoisotopic (exact) mass is 266 g/mol. The first kappa shape index (κ1) is 14.5. The summed E-state index contributed by atoms with van der Waals surface area (Å²) in [5, 5.41) is 10.9. The molecule has 0 saturated carbocycles. The lowest BCUT2D eigenvalue weighted by Gasteiger charge is -2.14. The van der Waals surface area contributed by atoms with Crippen molar-refractivity contribution in [3.63, 3.8) is 0 Å². The number of carboxylic acid groups (broad SMARTS) is 1. The van der Waals surface area contributed by atoms with Crippen molar-refractivity contribution in [1.29, 1.82) is 0 Å². The summed E-state index contributed by atoms with van der Waals surface area (Å²) in [6.45, 7) is -0.533. The van der Waals surface area contributed by atoms with Crippen molar-refractivity contribution in [1.82, 2.24) is 4.90 Å². The van der Waals surface area contributed by atoms with Crippen LogP contribution in [0.25, 0.3) is 0 Å². The van der Waals surface area contributed by atoms with E-state index in [0.29, 0.717) is 11.4 Å². The summed E-state index contributed by atoms with van der Waals surface area (Å²) >= 11 is 0. The van der Waals surface area contributed by atoms with Crippen LogP contribution in [0.5, 0.6) is 5.75 Å². The van der Waals surface area contributed by atoms with Gasteiger partial charge in [-0.05, 0) is 24.3 Å². The third kappa shape index (κ3) is 4.30. The van der Waals surface area contributed by atoms with E-state index in [1.807, 2.05) is 0 Å². The first-order valence-electron chi connectivity index (χ1n) is 5.36. The van der Waals surface area contributed by atoms with Crippen LogP contribution in [0, 0.1) is 0 Å². The Hall–Kier alpha value is -2.57. The highest BCUT2D eigenvalue weighted by molar-refractivity contribution is 6.39. The van der Waals surface area contributed by atoms with Gasteiger partial charge in [0.1, 0.15) is 12.3 Å². The van der Waals surface area contributed by atoms with Crippen LogP contribution in [0.4, 0.5) is 5.69 Å². The number of anilines is 1. The molecule has 0 aliphatic carbocycles. The molecule has 0 fully saturated rings. The van der Waals surface area contributed by atoms with Crippen molar-refractivity contribution >= 4 is 23.5 Å². The second kappa shape index (κ2) is 6.39. The summed E-state index contributed by atoms with van der Waals surface area (Å²) in [7, 11) is 2.75. The molecular formula is C12H14N2O5. The molecule has 0 aliphatic rings. The average Bonchev–Trinajstić information content (AvgIpc) is 2.37. The summed E-state index contributed by atoms with van der Waals surface area (Å²) in [6.07, 6.45) is 0. The molecule has 0 saturated heterocycles. The Morgan fingerprint density at radius 1 is 1.26 bits per heavy atom. The number of carbonyl (C=O) groups excluding carboxylic acids is 2. The molecule has 1 aromatic carbocycles. The fourth-order valence-corrected chi connectivity index (χ4v) is 1.31. The SMILES string of the molecule is COc1ccc(NC(=O)C(=O)N(C)CC(=O)O)cc1. The summed E-state index contributed by atoms with van der Waals surface area (Å²) in [5.74, 6) is -2.38. The van der Waals surface area contributed by atoms with Gasteiger partial charge in [-0.25, -0.2) is 0 Å². The predicted molar refractivity (Wildman–Crippen MR) is 66.9 cm³/mol. The third-order valence-corrected chi connectivity index (χ3v) is 2.26. The van der Waals surface area contributed by atoms with Gasteiger partial charge in [-0.1, -0.05) is 0 Å². The van der Waals surface area contributed by atoms with Gasteiger partial charge in [-0.3, -0.25) is 14.4 Å². The number of rotatable bonds is 4. The Morgan fingerprint density at radius 3 is 2.32 bits per heavy atom. The molecular weight excluding hydrogens is 252 g/mol. The minimum atomic E-state index is -1.19. The number of hydrogen-bond donors (Lipinski definition) is 2. The van der Waals surface area contributed by atoms with Gasteiger partial charge in [0.2, 0.25) is 0 Å². The number of amides is 2. The standard InChI is InChI=1S/C12H14N2O5/c1-14(7-10(15)16)12(18)11(17)13-8-3-5-9(19-2)6-4-8/h3-6H,7H2,1-2H3,(H,13,17)(H,15,16). The highest BCUT2D eigenvalue weighted by Crippen LogP contribution is 2.14. The number of aliphatic carboxylic acids is 1. The zero-order valence-electron chi connectivity index (χ0n) is 10.5. The highest BCUT2D eigenvalue weighted by atomic mass is 16.5. The van der Waals surface area contributed by atoms with Crippen LogP contribution in [0.2, 0.25) is 0 Å². The molecule has 1 rings (SSSR count). The number of likely N-dealkylation sites (N-methyl/N-ethyl adjacent to an activating group) is 1. The summed E-state index contributed by atoms with van der Waals surface area (Å²) in [5.41, 5.74) is 0.419. The van der Waals surface area contributed by atoms with Gasteiger partial charge in [-0.2, -0.15) is 0 Å². The van der Waals surface area contributed by atoms with Gasteiger partial charge in [0.25, 0.3) is 0 Å². The van der Waals surface area contributed by atoms with Crippen LogP contribution >= 0.6 is 0 Å². The van der Waals surface area contributed by atoms with Crippen molar-refractivity contribution in [3.05, 3.63) is 24.3 Å². The second-order valence-corrected chi connectivity index (χ2v) is 3.74. The third-order valence-electron chi connectivity index (χ3n) is 2.26. The van der Waals surface area contributed by atoms with Crippen molar-refractivity contribution in [2.45, 2.75) is 0 Å². The Kier molecular flexibility index (Phi) is 4.87. The molecule has 0 aromatic heterocycles. The fourth-order valence-electron chi connectivity index (χ4n) is 1.31. The minimum Gasteiger partial charge on any atom is -0.497 e. The van der Waals surface area contributed by atoms with E-state index in [1.165, 1.54) is 14.2 Å². The second-order valence-electron chi connectivity index (χ2n) is 3.74. The fraction of sp³-hybridized carbons (Fsp3) is 0.250. The lowest BCUT2D eigenvalue weighted by Crippen LogP contribution is -2.39. The Balaban J connectivity index is 2.62. The van der Waals surface area contributed by atoms with Gasteiger partial charge in [0.05, 0.1) is 7.11 Å². The molecule has 0 heterocycles. The first-order valence-corrected chi connectivity index (χ1v) is 5.36. The molecule has 7 nitrogen and oxygen atoms in total. The number of ether oxygens (including phenoxy) is 1. The van der Waals surface area contributed by atoms with Crippen LogP contribution < -0.4 is 10.1 Å². The molecule has 0 unspecified atom stereocenters. The predicted octanol–water partition coefficient (Wildman–Crippen LogP) is 0.177. The van der Waals surface area contributed by atoms with Crippen molar-refractivity contribution in [2.75, 3.05) is 26.0 Å². The zero-order chi connectivity index (χ0) is 14.4. The van der Waals surface area contributed by atoms with Crippen molar-refractivity contribution < 1.29 is 24.2 Å². The average molecular weight is 266 g/mol. The molecule has 0 radical (unpaired) electrons. The Morgan fingerprint density at radius 2 is 1.84 bits per heavy atom. The molecule has 7 heteroatoms. The normalized spacial score (nSPS) is 9.58. The van der Waals surface area contributed by atoms with Gasteiger partial charge >= 0.3 is 17.8 Å². The van der Waals surface area contributed by atoms with E-state index < -0.39 is 24.3 Å². The van der Waals surface area contributed by atoms with E-state index in [-0.39, 0.29) is 0 Å². The Bertz CT molecular complexity index is 483. The summed E-state index contributed by atoms with van der Waals surface area (Å²) < 4.78 is 4.95. The van der Waals surface area contributed by atoms with Gasteiger partial charge in [0, 0.05) is 12.7 Å². The largest absolute Gasteiger partial charge is 0.497 e. The number of benzene rings is 1. The maximum Gasteiger partial charge on any atom is 0.323 e.